The molecule has 0 atom stereocenters. The number of ether oxygens (including phenoxy) is 1. The van der Waals surface area contributed by atoms with E-state index >= 15 is 0 Å². The first-order valence-electron chi connectivity index (χ1n) is 12.6. The van der Waals surface area contributed by atoms with E-state index in [2.05, 4.69) is 10.3 Å². The molecule has 184 valence electrons. The molecule has 4 rings (SSSR count). The van der Waals surface area contributed by atoms with Crippen LogP contribution in [0.3, 0.4) is 0 Å². The first kappa shape index (κ1) is 24.1. The van der Waals surface area contributed by atoms with Gasteiger partial charge in [0.25, 0.3) is 5.91 Å². The topological polar surface area (TPSA) is 77.5 Å². The van der Waals surface area contributed by atoms with Gasteiger partial charge in [0.05, 0.1) is 19.4 Å². The van der Waals surface area contributed by atoms with E-state index < -0.39 is 0 Å². The summed E-state index contributed by atoms with van der Waals surface area (Å²) < 4.78 is 6.10. The van der Waals surface area contributed by atoms with Gasteiger partial charge in [0.1, 0.15) is 11.6 Å². The lowest BCUT2D eigenvalue weighted by atomic mass is 9.92. The molecule has 1 saturated carbocycles. The zero-order valence-corrected chi connectivity index (χ0v) is 20.2. The number of urea groups is 1. The molecule has 0 spiro atoms. The normalized spacial score (nSPS) is 19.8. The van der Waals surface area contributed by atoms with E-state index in [9.17, 15) is 9.59 Å². The second kappa shape index (κ2) is 11.9. The molecule has 0 aromatic heterocycles. The van der Waals surface area contributed by atoms with E-state index in [1.807, 2.05) is 41.1 Å². The van der Waals surface area contributed by atoms with Gasteiger partial charge in [-0.3, -0.25) is 15.1 Å². The highest BCUT2D eigenvalue weighted by Crippen LogP contribution is 2.24. The Hall–Kier alpha value is -3.03. The molecule has 2 aliphatic heterocycles. The molecule has 2 fully saturated rings. The van der Waals surface area contributed by atoms with Crippen molar-refractivity contribution >= 4 is 18.2 Å². The second-order valence-electron chi connectivity index (χ2n) is 9.49. The fourth-order valence-electron chi connectivity index (χ4n) is 4.74. The Balaban J connectivity index is 1.26. The number of hydrogen-bond acceptors (Lipinski definition) is 5. The summed E-state index contributed by atoms with van der Waals surface area (Å²) in [6.45, 7) is 3.39. The van der Waals surface area contributed by atoms with E-state index in [4.69, 9.17) is 4.74 Å². The van der Waals surface area contributed by atoms with Gasteiger partial charge in [-0.1, -0.05) is 38.2 Å². The Kier molecular flexibility index (Phi) is 8.44. The zero-order valence-electron chi connectivity index (χ0n) is 20.2. The third kappa shape index (κ3) is 6.52. The van der Waals surface area contributed by atoms with E-state index in [-0.39, 0.29) is 11.9 Å². The number of carbonyl (C=O) groups is 2. The van der Waals surface area contributed by atoms with E-state index in [0.29, 0.717) is 50.0 Å². The van der Waals surface area contributed by atoms with Gasteiger partial charge in [0.2, 0.25) is 0 Å². The number of benzene rings is 1. The minimum atomic E-state index is -0.160. The summed E-state index contributed by atoms with van der Waals surface area (Å²) in [5, 5.41) is 2.91. The largest absolute Gasteiger partial charge is 0.493 e. The molecule has 0 radical (unpaired) electrons. The van der Waals surface area contributed by atoms with Crippen LogP contribution in [0, 0.1) is 5.92 Å². The molecule has 8 nitrogen and oxygen atoms in total. The molecule has 1 aliphatic carbocycles. The quantitative estimate of drug-likeness (QED) is 0.716. The maximum atomic E-state index is 13.1. The number of nitrogens with zero attached hydrogens (tertiary/aromatic N) is 4. The SMILES string of the molecule is CN1CC=NC=C1NC(=O)N1CCN(C(=O)c2cccc(OCC3CCCCCCC3)c2)CC1. The summed E-state index contributed by atoms with van der Waals surface area (Å²) in [7, 11) is 1.91. The van der Waals surface area contributed by atoms with E-state index in [0.717, 1.165) is 12.4 Å². The first-order valence-corrected chi connectivity index (χ1v) is 12.6. The van der Waals surface area contributed by atoms with Crippen molar-refractivity contribution in [3.8, 4) is 5.75 Å². The van der Waals surface area contributed by atoms with Crippen LogP contribution in [0.25, 0.3) is 0 Å². The lowest BCUT2D eigenvalue weighted by Gasteiger charge is -2.35. The van der Waals surface area contributed by atoms with Gasteiger partial charge in [-0.25, -0.2) is 4.79 Å². The summed E-state index contributed by atoms with van der Waals surface area (Å²) in [4.78, 5) is 35.3. The van der Waals surface area contributed by atoms with Crippen molar-refractivity contribution in [1.82, 2.24) is 20.0 Å². The van der Waals surface area contributed by atoms with Crippen LogP contribution in [0.4, 0.5) is 4.79 Å². The van der Waals surface area contributed by atoms with Crippen LogP contribution in [-0.2, 0) is 0 Å². The molecule has 1 saturated heterocycles. The van der Waals surface area contributed by atoms with Crippen molar-refractivity contribution in [3.63, 3.8) is 0 Å². The van der Waals surface area contributed by atoms with Gasteiger partial charge in [-0.05, 0) is 37.0 Å². The summed E-state index contributed by atoms with van der Waals surface area (Å²) in [5.74, 6) is 2.04. The van der Waals surface area contributed by atoms with E-state index in [1.54, 1.807) is 17.3 Å². The number of hydrogen-bond donors (Lipinski definition) is 1. The third-order valence-corrected chi connectivity index (χ3v) is 6.95. The molecule has 8 heteroatoms. The van der Waals surface area contributed by atoms with Crippen LogP contribution < -0.4 is 10.1 Å². The Bertz CT molecular complexity index is 899. The van der Waals surface area contributed by atoms with Crippen LogP contribution in [0.15, 0.2) is 41.3 Å². The van der Waals surface area contributed by atoms with Crippen molar-refractivity contribution in [2.45, 2.75) is 44.9 Å². The van der Waals surface area contributed by atoms with Gasteiger partial charge in [0, 0.05) is 45.0 Å². The molecule has 1 aromatic carbocycles. The van der Waals surface area contributed by atoms with Crippen LogP contribution in [0.5, 0.6) is 5.75 Å². The molecule has 2 heterocycles. The van der Waals surface area contributed by atoms with Crippen molar-refractivity contribution in [3.05, 3.63) is 41.8 Å². The Morgan fingerprint density at radius 3 is 2.47 bits per heavy atom. The highest BCUT2D eigenvalue weighted by atomic mass is 16.5. The minimum absolute atomic E-state index is 0.0134. The highest BCUT2D eigenvalue weighted by molar-refractivity contribution is 5.94. The van der Waals surface area contributed by atoms with Crippen LogP contribution in [0.2, 0.25) is 0 Å². The van der Waals surface area contributed by atoms with Gasteiger partial charge in [0.15, 0.2) is 0 Å². The van der Waals surface area contributed by atoms with Crippen LogP contribution >= 0.6 is 0 Å². The van der Waals surface area contributed by atoms with Gasteiger partial charge in [-0.2, -0.15) is 0 Å². The summed E-state index contributed by atoms with van der Waals surface area (Å²) in [6, 6.07) is 7.36. The fraction of sp³-hybridized carbons (Fsp3) is 0.577. The number of piperazine rings is 1. The van der Waals surface area contributed by atoms with Crippen molar-refractivity contribution in [2.75, 3.05) is 46.4 Å². The molecule has 3 aliphatic rings. The molecule has 0 unspecified atom stereocenters. The Morgan fingerprint density at radius 2 is 1.74 bits per heavy atom. The van der Waals surface area contributed by atoms with E-state index in [1.165, 1.54) is 44.9 Å². The van der Waals surface area contributed by atoms with Gasteiger partial charge >= 0.3 is 6.03 Å². The Labute approximate surface area is 202 Å². The molecular weight excluding hydrogens is 430 g/mol. The number of rotatable bonds is 5. The second-order valence-corrected chi connectivity index (χ2v) is 9.49. The number of aliphatic imine (C=N–C) groups is 1. The predicted molar refractivity (Wildman–Crippen MR) is 133 cm³/mol. The Morgan fingerprint density at radius 1 is 1.03 bits per heavy atom. The predicted octanol–water partition coefficient (Wildman–Crippen LogP) is 3.71. The number of carbonyl (C=O) groups excluding carboxylic acids is 2. The highest BCUT2D eigenvalue weighted by Gasteiger charge is 2.26. The lowest BCUT2D eigenvalue weighted by molar-refractivity contribution is 0.0664. The van der Waals surface area contributed by atoms with Crippen molar-refractivity contribution in [1.29, 1.82) is 0 Å². The maximum Gasteiger partial charge on any atom is 0.323 e. The molecular formula is C26H37N5O3. The van der Waals surface area contributed by atoms with Crippen molar-refractivity contribution in [2.24, 2.45) is 10.9 Å². The van der Waals surface area contributed by atoms with Crippen LogP contribution in [-0.4, -0.2) is 79.2 Å². The van der Waals surface area contributed by atoms with Crippen LogP contribution in [0.1, 0.15) is 55.3 Å². The molecule has 0 bridgehead atoms. The average molecular weight is 468 g/mol. The fourth-order valence-corrected chi connectivity index (χ4v) is 4.74. The van der Waals surface area contributed by atoms with Gasteiger partial charge < -0.3 is 19.4 Å². The standard InChI is InChI=1S/C26H37N5O3/c1-29-13-12-27-19-24(29)28-26(33)31-16-14-30(15-17-31)25(32)22-10-7-11-23(18-22)34-20-21-8-5-3-2-4-6-9-21/h7,10-12,18-19,21H,2-6,8-9,13-17,20H2,1H3,(H,28,33). The first-order chi connectivity index (χ1) is 16.6. The monoisotopic (exact) mass is 467 g/mol. The molecule has 34 heavy (non-hydrogen) atoms. The van der Waals surface area contributed by atoms with Gasteiger partial charge in [-0.15, -0.1) is 0 Å². The maximum absolute atomic E-state index is 13.1. The summed E-state index contributed by atoms with van der Waals surface area (Å²) in [5.41, 5.74) is 0.639. The number of nitrogens with one attached hydrogen (secondary N) is 1. The zero-order chi connectivity index (χ0) is 23.8. The average Bonchev–Trinajstić information content (AvgIpc) is 2.84. The summed E-state index contributed by atoms with van der Waals surface area (Å²) in [6.07, 6.45) is 12.5. The molecule has 1 N–H and O–H groups in total. The molecule has 1 aromatic rings. The molecule has 3 amide bonds. The lowest BCUT2D eigenvalue weighted by Crippen LogP contribution is -2.53. The third-order valence-electron chi connectivity index (χ3n) is 6.95. The van der Waals surface area contributed by atoms with Crippen molar-refractivity contribution < 1.29 is 14.3 Å². The summed E-state index contributed by atoms with van der Waals surface area (Å²) >= 11 is 0. The minimum Gasteiger partial charge on any atom is -0.493 e. The number of amides is 3. The smallest absolute Gasteiger partial charge is 0.323 e.